The summed E-state index contributed by atoms with van der Waals surface area (Å²) in [6.07, 6.45) is -5.77. The summed E-state index contributed by atoms with van der Waals surface area (Å²) in [5, 5.41) is 13.7. The number of hydrogen-bond acceptors (Lipinski definition) is 12. The predicted octanol–water partition coefficient (Wildman–Crippen LogP) is 9.85. The van der Waals surface area contributed by atoms with Crippen LogP contribution >= 0.6 is 15.9 Å². The first-order valence-electron chi connectivity index (χ1n) is 19.3. The van der Waals surface area contributed by atoms with Gasteiger partial charge >= 0.3 is 12.9 Å². The molecule has 0 saturated carbocycles. The zero-order valence-electron chi connectivity index (χ0n) is 35.3. The number of nitrogens with zero attached hydrogens (tertiary/aromatic N) is 5. The molecule has 2 unspecified atom stereocenters. The number of rotatable bonds is 19. The lowest BCUT2D eigenvalue weighted by molar-refractivity contribution is 0.115. The van der Waals surface area contributed by atoms with Crippen LogP contribution in [0.1, 0.15) is 49.6 Å². The van der Waals surface area contributed by atoms with Gasteiger partial charge in [0, 0.05) is 55.1 Å². The summed E-state index contributed by atoms with van der Waals surface area (Å²) in [5.74, 6) is -3.63. The average molecular weight is 1020 g/mol. The van der Waals surface area contributed by atoms with Crippen molar-refractivity contribution in [2.75, 3.05) is 48.0 Å². The number of para-hydroxylation sites is 2. The molecule has 0 aliphatic rings. The van der Waals surface area contributed by atoms with E-state index in [9.17, 15) is 43.2 Å². The molecule has 6 rings (SSSR count). The Morgan fingerprint density at radius 3 is 1.55 bits per heavy atom. The molecule has 6 aromatic rings. The highest BCUT2D eigenvalue weighted by Gasteiger charge is 2.27. The van der Waals surface area contributed by atoms with E-state index in [0.29, 0.717) is 28.9 Å². The third-order valence-corrected chi connectivity index (χ3v) is 12.8. The summed E-state index contributed by atoms with van der Waals surface area (Å²) in [7, 11) is -4.05. The summed E-state index contributed by atoms with van der Waals surface area (Å²) in [5.41, 5.74) is 1.91. The third kappa shape index (κ3) is 16.2. The molecule has 0 spiro atoms. The minimum atomic E-state index is -3.82. The SMILES string of the molecule is COCC(C)CS(=O)(=O)N(Cc1ccc(-c2nnc(C(F)F)o2)cc1F)c1ccccc1.COCC(C)CS(=O)(=O)Nc1ccccc1.Fc1cc(-c2nnc(C(F)F)o2)ccc1CBr. The predicted molar refractivity (Wildman–Crippen MR) is 234 cm³/mol. The molecule has 65 heavy (non-hydrogen) atoms. The van der Waals surface area contributed by atoms with Crippen molar-refractivity contribution in [2.45, 2.75) is 38.6 Å². The van der Waals surface area contributed by atoms with E-state index in [-0.39, 0.29) is 65.0 Å². The standard InChI is InChI=1S/C21H22F3N3O4S.C11H17NO3S.C10H6BrF3N2O/c1-14(12-30-2)13-32(28,29)27(17-6-4-3-5-7-17)11-16-9-8-15(10-18(16)22)20-25-26-21(31-20)19(23)24;1-10(8-15-2)9-16(13,14)12-11-6-4-3-5-7-11;11-4-6-2-1-5(3-7(6)12)9-15-16-10(17-9)8(13)14/h3-10,14,19H,11-13H2,1-2H3;3-7,10,12H,8-9H2,1-2H3;1-3,8H,4H2. The molecule has 0 fully saturated rings. The van der Waals surface area contributed by atoms with Gasteiger partial charge in [0.2, 0.25) is 31.8 Å². The van der Waals surface area contributed by atoms with Gasteiger partial charge in [-0.2, -0.15) is 17.6 Å². The number of alkyl halides is 5. The minimum absolute atomic E-state index is 0.0220. The minimum Gasteiger partial charge on any atom is -0.415 e. The van der Waals surface area contributed by atoms with E-state index >= 15 is 0 Å². The van der Waals surface area contributed by atoms with Crippen LogP contribution in [0.3, 0.4) is 0 Å². The molecular weight excluding hydrogens is 975 g/mol. The number of hydrogen-bond donors (Lipinski definition) is 1. The molecule has 0 aliphatic carbocycles. The van der Waals surface area contributed by atoms with Crippen molar-refractivity contribution < 1.29 is 61.5 Å². The van der Waals surface area contributed by atoms with Crippen LogP contribution < -0.4 is 9.03 Å². The molecule has 0 radical (unpaired) electrons. The fourth-order valence-corrected chi connectivity index (χ4v) is 9.44. The van der Waals surface area contributed by atoms with Gasteiger partial charge in [0.1, 0.15) is 11.6 Å². The lowest BCUT2D eigenvalue weighted by atomic mass is 10.1. The first-order chi connectivity index (χ1) is 30.9. The number of halogens is 7. The van der Waals surface area contributed by atoms with Crippen LogP contribution in [0.5, 0.6) is 0 Å². The Labute approximate surface area is 380 Å². The second kappa shape index (κ2) is 24.8. The van der Waals surface area contributed by atoms with Gasteiger partial charge < -0.3 is 18.3 Å². The number of aromatic nitrogens is 4. The van der Waals surface area contributed by atoms with Crippen molar-refractivity contribution >= 4 is 47.4 Å². The molecule has 0 saturated heterocycles. The van der Waals surface area contributed by atoms with Gasteiger partial charge in [-0.3, -0.25) is 9.03 Å². The third-order valence-electron chi connectivity index (χ3n) is 8.64. The summed E-state index contributed by atoms with van der Waals surface area (Å²) < 4.78 is 151. The van der Waals surface area contributed by atoms with E-state index < -0.39 is 56.3 Å². The first kappa shape index (κ1) is 52.3. The average Bonchev–Trinajstić information content (AvgIpc) is 3.96. The summed E-state index contributed by atoms with van der Waals surface area (Å²) in [4.78, 5) is 0. The molecule has 352 valence electrons. The van der Waals surface area contributed by atoms with Gasteiger partial charge in [-0.15, -0.1) is 20.4 Å². The maximum absolute atomic E-state index is 14.9. The van der Waals surface area contributed by atoms with Gasteiger partial charge in [-0.25, -0.2) is 25.6 Å². The Hall–Kier alpha value is -5.36. The molecule has 14 nitrogen and oxygen atoms in total. The molecule has 23 heteroatoms. The lowest BCUT2D eigenvalue weighted by Crippen LogP contribution is -2.35. The summed E-state index contributed by atoms with van der Waals surface area (Å²) in [6.45, 7) is 4.03. The molecule has 2 atom stereocenters. The zero-order valence-corrected chi connectivity index (χ0v) is 38.5. The van der Waals surface area contributed by atoms with Crippen molar-refractivity contribution in [1.29, 1.82) is 0 Å². The van der Waals surface area contributed by atoms with Gasteiger partial charge in [0.05, 0.1) is 23.7 Å². The summed E-state index contributed by atoms with van der Waals surface area (Å²) in [6, 6.07) is 25.2. The van der Waals surface area contributed by atoms with Crippen LogP contribution in [-0.4, -0.2) is 76.2 Å². The Bertz CT molecular complexity index is 2610. The fourth-order valence-electron chi connectivity index (χ4n) is 5.79. The van der Waals surface area contributed by atoms with Gasteiger partial charge in [0.15, 0.2) is 0 Å². The van der Waals surface area contributed by atoms with Crippen LogP contribution in [0.4, 0.5) is 37.7 Å². The van der Waals surface area contributed by atoms with Crippen molar-refractivity contribution in [1.82, 2.24) is 20.4 Å². The van der Waals surface area contributed by atoms with Crippen molar-refractivity contribution in [2.24, 2.45) is 11.8 Å². The van der Waals surface area contributed by atoms with E-state index in [2.05, 4.69) is 41.0 Å². The molecule has 0 aliphatic heterocycles. The van der Waals surface area contributed by atoms with Crippen LogP contribution in [0.2, 0.25) is 0 Å². The van der Waals surface area contributed by atoms with Crippen LogP contribution in [0, 0.1) is 23.5 Å². The quantitative estimate of drug-likeness (QED) is 0.0600. The number of methoxy groups -OCH3 is 2. The maximum Gasteiger partial charge on any atom is 0.314 e. The van der Waals surface area contributed by atoms with Crippen LogP contribution in [-0.2, 0) is 41.4 Å². The molecule has 0 amide bonds. The van der Waals surface area contributed by atoms with Gasteiger partial charge in [0.25, 0.3) is 11.8 Å². The van der Waals surface area contributed by atoms with E-state index in [1.165, 1.54) is 37.4 Å². The highest BCUT2D eigenvalue weighted by atomic mass is 79.9. The maximum atomic E-state index is 14.9. The van der Waals surface area contributed by atoms with Crippen molar-refractivity contribution in [3.8, 4) is 22.9 Å². The Morgan fingerprint density at radius 1 is 0.662 bits per heavy atom. The molecule has 1 N–H and O–H groups in total. The second-order valence-corrected chi connectivity index (χ2v) is 18.5. The molecular formula is C42H45BrF6N6O8S2. The molecule has 0 bridgehead atoms. The largest absolute Gasteiger partial charge is 0.415 e. The monoisotopic (exact) mass is 1020 g/mol. The molecule has 4 aromatic carbocycles. The summed E-state index contributed by atoms with van der Waals surface area (Å²) >= 11 is 3.12. The van der Waals surface area contributed by atoms with E-state index in [4.69, 9.17) is 18.3 Å². The second-order valence-electron chi connectivity index (χ2n) is 14.2. The Morgan fingerprint density at radius 2 is 1.12 bits per heavy atom. The first-order valence-corrected chi connectivity index (χ1v) is 23.7. The number of benzene rings is 4. The highest BCUT2D eigenvalue weighted by molar-refractivity contribution is 9.08. The molecule has 2 aromatic heterocycles. The van der Waals surface area contributed by atoms with Gasteiger partial charge in [-0.05, 0) is 65.9 Å². The van der Waals surface area contributed by atoms with Crippen LogP contribution in [0.15, 0.2) is 106 Å². The zero-order chi connectivity index (χ0) is 47.7. The smallest absolute Gasteiger partial charge is 0.314 e. The van der Waals surface area contributed by atoms with E-state index in [1.54, 1.807) is 68.6 Å². The fraction of sp³-hybridized carbons (Fsp3) is 0.333. The van der Waals surface area contributed by atoms with E-state index in [1.807, 2.05) is 13.0 Å². The topological polar surface area (TPSA) is 180 Å². The number of sulfonamides is 2. The van der Waals surface area contributed by atoms with Gasteiger partial charge in [-0.1, -0.05) is 78.3 Å². The number of anilines is 2. The Kier molecular flexibility index (Phi) is 19.9. The van der Waals surface area contributed by atoms with E-state index in [0.717, 1.165) is 10.4 Å². The normalized spacial score (nSPS) is 12.5. The van der Waals surface area contributed by atoms with Crippen LogP contribution in [0.25, 0.3) is 22.9 Å². The number of ether oxygens (including phenoxy) is 2. The number of nitrogens with one attached hydrogen (secondary N) is 1. The lowest BCUT2D eigenvalue weighted by Gasteiger charge is -2.26. The van der Waals surface area contributed by atoms with Crippen molar-refractivity contribution in [3.05, 3.63) is 132 Å². The van der Waals surface area contributed by atoms with Crippen molar-refractivity contribution in [3.63, 3.8) is 0 Å². The molecule has 2 heterocycles. The Balaban J connectivity index is 0.000000236. The highest BCUT2D eigenvalue weighted by Crippen LogP contribution is 2.29.